The Labute approximate surface area is 143 Å². The van der Waals surface area contributed by atoms with Gasteiger partial charge in [-0.05, 0) is 18.8 Å². The first kappa shape index (κ1) is 21.7. The molecule has 0 fully saturated rings. The summed E-state index contributed by atoms with van der Waals surface area (Å²) in [5.41, 5.74) is 0. The highest BCUT2D eigenvalue weighted by molar-refractivity contribution is 5.80. The molecule has 0 aromatic rings. The maximum atomic E-state index is 10.2. The molecule has 2 nitrogen and oxygen atoms in total. The van der Waals surface area contributed by atoms with Crippen LogP contribution in [0.3, 0.4) is 0 Å². The van der Waals surface area contributed by atoms with Crippen molar-refractivity contribution in [3.05, 3.63) is 36.5 Å². The lowest BCUT2D eigenvalue weighted by Gasteiger charge is -2.10. The second-order valence-electron chi connectivity index (χ2n) is 6.46. The normalized spacial score (nSPS) is 13.5. The number of carbonyl (C=O) groups is 1. The standard InChI is InChI=1S/C21H36O2/c1-3-4-14-17-20(2)18-15-12-10-8-6-5-7-9-11-13-16-19-21(22)23/h7,9,11,13,16,19-20H,3-6,8,10,12,14-15,17-18H2,1-2H3,(H,22,23)/b9-7-,13-11?,19-16?. The number of aliphatic carboxylic acids is 1. The summed E-state index contributed by atoms with van der Waals surface area (Å²) in [7, 11) is 0. The molecule has 2 heteroatoms. The molecule has 0 saturated carbocycles. The van der Waals surface area contributed by atoms with Gasteiger partial charge in [-0.15, -0.1) is 0 Å². The summed E-state index contributed by atoms with van der Waals surface area (Å²) >= 11 is 0. The molecule has 0 aromatic carbocycles. The fraction of sp³-hybridized carbons (Fsp3) is 0.667. The van der Waals surface area contributed by atoms with Crippen molar-refractivity contribution in [3.63, 3.8) is 0 Å². The third-order valence-corrected chi connectivity index (χ3v) is 4.08. The summed E-state index contributed by atoms with van der Waals surface area (Å²) in [6.45, 7) is 4.67. The number of hydrogen-bond donors (Lipinski definition) is 1. The van der Waals surface area contributed by atoms with Gasteiger partial charge in [-0.3, -0.25) is 0 Å². The SMILES string of the molecule is CCCCCC(C)CCCCCCC/C=C\C=CC=CC(=O)O. The highest BCUT2D eigenvalue weighted by Crippen LogP contribution is 2.17. The van der Waals surface area contributed by atoms with Crippen molar-refractivity contribution in [1.29, 1.82) is 0 Å². The van der Waals surface area contributed by atoms with Crippen LogP contribution in [0.4, 0.5) is 0 Å². The molecule has 0 aliphatic heterocycles. The first-order valence-electron chi connectivity index (χ1n) is 9.39. The summed E-state index contributed by atoms with van der Waals surface area (Å²) in [6.07, 6.45) is 25.2. The zero-order valence-corrected chi connectivity index (χ0v) is 15.2. The molecule has 0 saturated heterocycles. The van der Waals surface area contributed by atoms with Gasteiger partial charge in [-0.1, -0.05) is 102 Å². The zero-order chi connectivity index (χ0) is 17.2. The Morgan fingerprint density at radius 3 is 2.17 bits per heavy atom. The molecule has 0 radical (unpaired) electrons. The van der Waals surface area contributed by atoms with Crippen LogP contribution in [0, 0.1) is 5.92 Å². The Morgan fingerprint density at radius 2 is 1.48 bits per heavy atom. The second kappa shape index (κ2) is 17.1. The molecular formula is C21H36O2. The van der Waals surface area contributed by atoms with Gasteiger partial charge in [0.25, 0.3) is 0 Å². The average Bonchev–Trinajstić information content (AvgIpc) is 2.51. The van der Waals surface area contributed by atoms with Gasteiger partial charge in [0.15, 0.2) is 0 Å². The van der Waals surface area contributed by atoms with Crippen LogP contribution in [-0.2, 0) is 4.79 Å². The summed E-state index contributed by atoms with van der Waals surface area (Å²) in [4.78, 5) is 10.2. The highest BCUT2D eigenvalue weighted by atomic mass is 16.4. The second-order valence-corrected chi connectivity index (χ2v) is 6.46. The maximum absolute atomic E-state index is 10.2. The lowest BCUT2D eigenvalue weighted by molar-refractivity contribution is -0.131. The Kier molecular flexibility index (Phi) is 16.1. The molecule has 1 atom stereocenters. The van der Waals surface area contributed by atoms with E-state index in [1.165, 1.54) is 70.3 Å². The van der Waals surface area contributed by atoms with E-state index in [0.29, 0.717) is 0 Å². The van der Waals surface area contributed by atoms with E-state index in [9.17, 15) is 4.79 Å². The first-order valence-corrected chi connectivity index (χ1v) is 9.39. The van der Waals surface area contributed by atoms with Crippen molar-refractivity contribution in [2.24, 2.45) is 5.92 Å². The highest BCUT2D eigenvalue weighted by Gasteiger charge is 2.01. The van der Waals surface area contributed by atoms with Gasteiger partial charge in [-0.25, -0.2) is 4.79 Å². The third-order valence-electron chi connectivity index (χ3n) is 4.08. The van der Waals surface area contributed by atoms with Crippen LogP contribution in [-0.4, -0.2) is 11.1 Å². The van der Waals surface area contributed by atoms with Crippen molar-refractivity contribution in [2.75, 3.05) is 0 Å². The Bertz CT molecular complexity index is 353. The molecule has 0 spiro atoms. The molecule has 0 rings (SSSR count). The summed E-state index contributed by atoms with van der Waals surface area (Å²) in [5, 5.41) is 8.41. The minimum atomic E-state index is -0.908. The van der Waals surface area contributed by atoms with Crippen LogP contribution in [0.2, 0.25) is 0 Å². The van der Waals surface area contributed by atoms with Gasteiger partial charge >= 0.3 is 5.97 Å². The van der Waals surface area contributed by atoms with Crippen molar-refractivity contribution in [2.45, 2.75) is 84.5 Å². The van der Waals surface area contributed by atoms with Crippen molar-refractivity contribution in [3.8, 4) is 0 Å². The Balaban J connectivity index is 3.34. The van der Waals surface area contributed by atoms with E-state index in [0.717, 1.165) is 18.4 Å². The number of carboxylic acids is 1. The van der Waals surface area contributed by atoms with Crippen molar-refractivity contribution >= 4 is 5.97 Å². The predicted molar refractivity (Wildman–Crippen MR) is 101 cm³/mol. The fourth-order valence-corrected chi connectivity index (χ4v) is 2.61. The monoisotopic (exact) mass is 320 g/mol. The molecule has 0 bridgehead atoms. The van der Waals surface area contributed by atoms with Crippen LogP contribution in [0.5, 0.6) is 0 Å². The van der Waals surface area contributed by atoms with E-state index >= 15 is 0 Å². The maximum Gasteiger partial charge on any atom is 0.328 e. The molecule has 23 heavy (non-hydrogen) atoms. The van der Waals surface area contributed by atoms with Gasteiger partial charge in [0.1, 0.15) is 0 Å². The molecule has 132 valence electrons. The molecule has 1 unspecified atom stereocenters. The van der Waals surface area contributed by atoms with Gasteiger partial charge in [0, 0.05) is 6.08 Å². The summed E-state index contributed by atoms with van der Waals surface area (Å²) in [6, 6.07) is 0. The minimum absolute atomic E-state index is 0.908. The van der Waals surface area contributed by atoms with E-state index < -0.39 is 5.97 Å². The summed E-state index contributed by atoms with van der Waals surface area (Å²) < 4.78 is 0. The number of rotatable bonds is 15. The Morgan fingerprint density at radius 1 is 0.870 bits per heavy atom. The van der Waals surface area contributed by atoms with Gasteiger partial charge in [-0.2, -0.15) is 0 Å². The quantitative estimate of drug-likeness (QED) is 0.207. The molecule has 0 aromatic heterocycles. The molecular weight excluding hydrogens is 284 g/mol. The molecule has 0 aliphatic rings. The van der Waals surface area contributed by atoms with Crippen LogP contribution >= 0.6 is 0 Å². The van der Waals surface area contributed by atoms with E-state index in [-0.39, 0.29) is 0 Å². The first-order chi connectivity index (χ1) is 11.2. The van der Waals surface area contributed by atoms with Crippen LogP contribution in [0.1, 0.15) is 84.5 Å². The Hall–Kier alpha value is -1.31. The van der Waals surface area contributed by atoms with Crippen LogP contribution in [0.25, 0.3) is 0 Å². The molecule has 0 amide bonds. The average molecular weight is 321 g/mol. The summed E-state index contributed by atoms with van der Waals surface area (Å²) in [5.74, 6) is 0.000398. The van der Waals surface area contributed by atoms with Crippen LogP contribution in [0.15, 0.2) is 36.5 Å². The third kappa shape index (κ3) is 18.6. The van der Waals surface area contributed by atoms with E-state index in [1.54, 1.807) is 6.08 Å². The van der Waals surface area contributed by atoms with Crippen LogP contribution < -0.4 is 0 Å². The number of carboxylic acid groups (broad SMARTS) is 1. The van der Waals surface area contributed by atoms with Gasteiger partial charge in [0.05, 0.1) is 0 Å². The van der Waals surface area contributed by atoms with Gasteiger partial charge in [0.2, 0.25) is 0 Å². The van der Waals surface area contributed by atoms with Crippen molar-refractivity contribution in [1.82, 2.24) is 0 Å². The number of allylic oxidation sites excluding steroid dienone is 5. The van der Waals surface area contributed by atoms with E-state index in [1.807, 2.05) is 12.2 Å². The van der Waals surface area contributed by atoms with Crippen molar-refractivity contribution < 1.29 is 9.90 Å². The molecule has 1 N–H and O–H groups in total. The van der Waals surface area contributed by atoms with E-state index in [4.69, 9.17) is 5.11 Å². The number of unbranched alkanes of at least 4 members (excludes halogenated alkanes) is 7. The fourth-order valence-electron chi connectivity index (χ4n) is 2.61. The smallest absolute Gasteiger partial charge is 0.328 e. The predicted octanol–water partition coefficient (Wildman–Crippen LogP) is 6.69. The van der Waals surface area contributed by atoms with Gasteiger partial charge < -0.3 is 5.11 Å². The number of hydrogen-bond acceptors (Lipinski definition) is 1. The minimum Gasteiger partial charge on any atom is -0.478 e. The lowest BCUT2D eigenvalue weighted by atomic mass is 9.96. The topological polar surface area (TPSA) is 37.3 Å². The lowest BCUT2D eigenvalue weighted by Crippen LogP contribution is -1.94. The molecule has 0 heterocycles. The van der Waals surface area contributed by atoms with E-state index in [2.05, 4.69) is 19.9 Å². The largest absolute Gasteiger partial charge is 0.478 e. The molecule has 0 aliphatic carbocycles. The zero-order valence-electron chi connectivity index (χ0n) is 15.2.